The summed E-state index contributed by atoms with van der Waals surface area (Å²) in [6.45, 7) is 0.900. The van der Waals surface area contributed by atoms with Crippen molar-refractivity contribution in [2.45, 2.75) is 37.8 Å². The van der Waals surface area contributed by atoms with Crippen LogP contribution in [-0.2, 0) is 35.3 Å². The highest BCUT2D eigenvalue weighted by Crippen LogP contribution is 2.24. The fraction of sp³-hybridized carbons (Fsp3) is 0.381. The van der Waals surface area contributed by atoms with Gasteiger partial charge in [-0.05, 0) is 30.4 Å². The molecule has 1 aliphatic carbocycles. The van der Waals surface area contributed by atoms with Gasteiger partial charge in [0, 0.05) is 48.8 Å². The van der Waals surface area contributed by atoms with Crippen LogP contribution in [0.15, 0.2) is 41.1 Å². The molecule has 1 aromatic carbocycles. The Labute approximate surface area is 198 Å². The molecular formula is C21H23N8O4S-. The summed E-state index contributed by atoms with van der Waals surface area (Å²) < 4.78 is 26.8. The lowest BCUT2D eigenvalue weighted by atomic mass is 10.1. The van der Waals surface area contributed by atoms with Gasteiger partial charge in [-0.2, -0.15) is 4.83 Å². The van der Waals surface area contributed by atoms with Crippen LogP contribution in [0.4, 0.5) is 5.95 Å². The zero-order valence-corrected chi connectivity index (χ0v) is 19.0. The van der Waals surface area contributed by atoms with Gasteiger partial charge in [0.1, 0.15) is 6.42 Å². The second-order valence-corrected chi connectivity index (χ2v) is 8.97. The summed E-state index contributed by atoms with van der Waals surface area (Å²) in [5.41, 5.74) is 5.92. The van der Waals surface area contributed by atoms with E-state index in [1.165, 1.54) is 11.1 Å². The van der Waals surface area contributed by atoms with Crippen molar-refractivity contribution in [2.75, 3.05) is 18.4 Å². The van der Waals surface area contributed by atoms with Gasteiger partial charge in [-0.3, -0.25) is 9.00 Å². The molecule has 0 radical (unpaired) electrons. The van der Waals surface area contributed by atoms with Crippen molar-refractivity contribution in [1.82, 2.24) is 35.3 Å². The van der Waals surface area contributed by atoms with E-state index in [2.05, 4.69) is 60.0 Å². The smallest absolute Gasteiger partial charge is 0.250 e. The van der Waals surface area contributed by atoms with Crippen LogP contribution >= 0.6 is 0 Å². The van der Waals surface area contributed by atoms with E-state index in [1.807, 2.05) is 0 Å². The molecule has 2 aliphatic rings. The first-order chi connectivity index (χ1) is 16.5. The summed E-state index contributed by atoms with van der Waals surface area (Å²) in [5, 5.41) is 11.3. The van der Waals surface area contributed by atoms with Crippen LogP contribution in [0.3, 0.4) is 0 Å². The third-order valence-corrected chi connectivity index (χ3v) is 6.22. The summed E-state index contributed by atoms with van der Waals surface area (Å²) in [4.78, 5) is 25.0. The van der Waals surface area contributed by atoms with E-state index in [0.717, 1.165) is 12.8 Å². The zero-order valence-electron chi connectivity index (χ0n) is 18.1. The Bertz CT molecular complexity index is 1160. The standard InChI is InChI=1S/C21H24N8O4S/c30-19(29-6-5-16(12-29)25-28-34(31)32)9-18-26-27-20(33-18)15-10-22-21(23-11-15)24-17-7-13-3-1-2-4-14(13)8-17/h1-4,10-11,16-17,25,28H,5-9,12H2,(H,31,32)(H,22,23,24)/p-1. The number of hydrazine groups is 1. The van der Waals surface area contributed by atoms with Gasteiger partial charge in [0.05, 0.1) is 5.56 Å². The van der Waals surface area contributed by atoms with Crippen LogP contribution in [0.5, 0.6) is 0 Å². The number of benzene rings is 1. The molecule has 3 aromatic rings. The third kappa shape index (κ3) is 5.28. The summed E-state index contributed by atoms with van der Waals surface area (Å²) in [6.07, 6.45) is 5.69. The number of carbonyl (C=O) groups is 1. The molecule has 2 atom stereocenters. The van der Waals surface area contributed by atoms with Gasteiger partial charge in [0.25, 0.3) is 5.89 Å². The van der Waals surface area contributed by atoms with E-state index in [1.54, 1.807) is 17.3 Å². The first-order valence-corrected chi connectivity index (χ1v) is 12.0. The second kappa shape index (κ2) is 9.93. The number of carbonyl (C=O) groups excluding carboxylic acids is 1. The predicted octanol–water partition coefficient (Wildman–Crippen LogP) is 0.138. The quantitative estimate of drug-likeness (QED) is 0.297. The molecule has 2 aromatic heterocycles. The molecule has 1 fully saturated rings. The van der Waals surface area contributed by atoms with Crippen LogP contribution in [0.1, 0.15) is 23.4 Å². The average Bonchev–Trinajstić information content (AvgIpc) is 3.57. The van der Waals surface area contributed by atoms with Crippen molar-refractivity contribution >= 4 is 23.1 Å². The maximum Gasteiger partial charge on any atom is 0.250 e. The van der Waals surface area contributed by atoms with Crippen molar-refractivity contribution in [1.29, 1.82) is 0 Å². The molecule has 1 saturated heterocycles. The van der Waals surface area contributed by atoms with Gasteiger partial charge >= 0.3 is 0 Å². The molecule has 0 saturated carbocycles. The van der Waals surface area contributed by atoms with Gasteiger partial charge in [-0.25, -0.2) is 15.4 Å². The van der Waals surface area contributed by atoms with Crippen molar-refractivity contribution in [3.8, 4) is 11.5 Å². The largest absolute Gasteiger partial charge is 0.759 e. The van der Waals surface area contributed by atoms with E-state index in [4.69, 9.17) is 4.42 Å². The number of rotatable bonds is 8. The molecule has 34 heavy (non-hydrogen) atoms. The fourth-order valence-electron chi connectivity index (χ4n) is 4.28. The summed E-state index contributed by atoms with van der Waals surface area (Å²) >= 11 is -2.40. The highest BCUT2D eigenvalue weighted by molar-refractivity contribution is 7.76. The van der Waals surface area contributed by atoms with Crippen molar-refractivity contribution in [2.24, 2.45) is 0 Å². The van der Waals surface area contributed by atoms with Gasteiger partial charge in [0.15, 0.2) is 0 Å². The van der Waals surface area contributed by atoms with Crippen LogP contribution in [0.25, 0.3) is 11.5 Å². The molecule has 3 N–H and O–H groups in total. The van der Waals surface area contributed by atoms with Gasteiger partial charge in [-0.15, -0.1) is 10.2 Å². The molecule has 0 spiro atoms. The molecule has 178 valence electrons. The summed E-state index contributed by atoms with van der Waals surface area (Å²) in [7, 11) is 0. The molecule has 5 rings (SSSR count). The van der Waals surface area contributed by atoms with Gasteiger partial charge in [0.2, 0.25) is 17.7 Å². The Morgan fingerprint density at radius 3 is 2.59 bits per heavy atom. The third-order valence-electron chi connectivity index (χ3n) is 5.94. The minimum absolute atomic E-state index is 0.0383. The molecule has 13 heteroatoms. The van der Waals surface area contributed by atoms with Crippen molar-refractivity contribution < 1.29 is 18.0 Å². The molecule has 0 bridgehead atoms. The topological polar surface area (TPSA) is 161 Å². The number of nitrogens with one attached hydrogen (secondary N) is 3. The Morgan fingerprint density at radius 2 is 1.88 bits per heavy atom. The lowest BCUT2D eigenvalue weighted by Gasteiger charge is -2.17. The molecule has 1 amide bonds. The van der Waals surface area contributed by atoms with Crippen LogP contribution in [0, 0.1) is 0 Å². The highest BCUT2D eigenvalue weighted by atomic mass is 32.2. The van der Waals surface area contributed by atoms with E-state index < -0.39 is 11.3 Å². The Morgan fingerprint density at radius 1 is 1.15 bits per heavy atom. The molecule has 3 heterocycles. The average molecular weight is 484 g/mol. The lowest BCUT2D eigenvalue weighted by Crippen LogP contribution is -2.43. The molecule has 2 unspecified atom stereocenters. The predicted molar refractivity (Wildman–Crippen MR) is 120 cm³/mol. The molecular weight excluding hydrogens is 460 g/mol. The first kappa shape index (κ1) is 22.5. The van der Waals surface area contributed by atoms with E-state index >= 15 is 0 Å². The number of aromatic nitrogens is 4. The van der Waals surface area contributed by atoms with E-state index in [9.17, 15) is 13.6 Å². The van der Waals surface area contributed by atoms with Crippen molar-refractivity contribution in [3.63, 3.8) is 0 Å². The number of hydrogen-bond donors (Lipinski definition) is 3. The number of fused-ring (bicyclic) bond motifs is 1. The van der Waals surface area contributed by atoms with E-state index in [0.29, 0.717) is 31.0 Å². The normalized spacial score (nSPS) is 18.7. The van der Waals surface area contributed by atoms with E-state index in [-0.39, 0.29) is 36.2 Å². The Kier molecular flexibility index (Phi) is 6.58. The SMILES string of the molecule is O=C(Cc1nnc(-c2cnc(NC3Cc4ccccc4C3)nc2)o1)N1CCC(NNS(=O)[O-])C1. The first-order valence-electron chi connectivity index (χ1n) is 10.9. The number of nitrogens with zero attached hydrogens (tertiary/aromatic N) is 5. The van der Waals surface area contributed by atoms with Gasteiger partial charge < -0.3 is 19.2 Å². The minimum atomic E-state index is -2.40. The number of likely N-dealkylation sites (tertiary alicyclic amines) is 1. The maximum absolute atomic E-state index is 12.5. The Balaban J connectivity index is 1.14. The minimum Gasteiger partial charge on any atom is -0.759 e. The van der Waals surface area contributed by atoms with Crippen LogP contribution in [0.2, 0.25) is 0 Å². The van der Waals surface area contributed by atoms with Crippen LogP contribution in [-0.4, -0.2) is 64.9 Å². The highest BCUT2D eigenvalue weighted by Gasteiger charge is 2.27. The Hall–Kier alpha value is -3.26. The molecule has 12 nitrogen and oxygen atoms in total. The number of anilines is 1. The monoisotopic (exact) mass is 483 g/mol. The maximum atomic E-state index is 12.5. The lowest BCUT2D eigenvalue weighted by molar-refractivity contribution is -0.129. The van der Waals surface area contributed by atoms with Crippen molar-refractivity contribution in [3.05, 3.63) is 53.7 Å². The van der Waals surface area contributed by atoms with Crippen LogP contribution < -0.4 is 15.6 Å². The number of hydrogen-bond acceptors (Lipinski definition) is 10. The zero-order chi connectivity index (χ0) is 23.5. The number of amides is 1. The van der Waals surface area contributed by atoms with Gasteiger partial charge in [-0.1, -0.05) is 24.3 Å². The summed E-state index contributed by atoms with van der Waals surface area (Å²) in [6, 6.07) is 8.50. The fourth-order valence-corrected chi connectivity index (χ4v) is 4.54. The molecule has 1 aliphatic heterocycles. The summed E-state index contributed by atoms with van der Waals surface area (Å²) in [5.74, 6) is 0.798. The second-order valence-electron chi connectivity index (χ2n) is 8.30.